The average molecular weight is 272 g/mol. The summed E-state index contributed by atoms with van der Waals surface area (Å²) in [6, 6.07) is 6.49. The summed E-state index contributed by atoms with van der Waals surface area (Å²) in [5.41, 5.74) is 1.30. The summed E-state index contributed by atoms with van der Waals surface area (Å²) in [6.45, 7) is 3.12. The zero-order chi connectivity index (χ0) is 12.3. The minimum Gasteiger partial charge on any atom is -0.396 e. The number of thioether (sulfide) groups is 1. The van der Waals surface area contributed by atoms with Crippen molar-refractivity contribution >= 4 is 23.4 Å². The molecule has 1 aromatic carbocycles. The Kier molecular flexibility index (Phi) is 4.74. The summed E-state index contributed by atoms with van der Waals surface area (Å²) in [4.78, 5) is 1.33. The van der Waals surface area contributed by atoms with Crippen LogP contribution in [0.1, 0.15) is 24.9 Å². The maximum absolute atomic E-state index is 9.04. The van der Waals surface area contributed by atoms with E-state index in [0.717, 1.165) is 23.7 Å². The molecule has 0 bridgehead atoms. The van der Waals surface area contributed by atoms with Gasteiger partial charge in [-0.1, -0.05) is 18.5 Å². The highest BCUT2D eigenvalue weighted by atomic mass is 35.5. The van der Waals surface area contributed by atoms with E-state index in [-0.39, 0.29) is 6.61 Å². The molecule has 2 atom stereocenters. The molecule has 0 amide bonds. The van der Waals surface area contributed by atoms with Gasteiger partial charge in [-0.25, -0.2) is 0 Å². The van der Waals surface area contributed by atoms with Gasteiger partial charge in [0.05, 0.1) is 0 Å². The van der Waals surface area contributed by atoms with Gasteiger partial charge >= 0.3 is 0 Å². The molecule has 1 aliphatic heterocycles. The van der Waals surface area contributed by atoms with Crippen LogP contribution >= 0.6 is 23.4 Å². The number of nitrogens with one attached hydrogen (secondary N) is 1. The normalized spacial score (nSPS) is 21.0. The van der Waals surface area contributed by atoms with Crippen molar-refractivity contribution in [3.05, 3.63) is 28.8 Å². The van der Waals surface area contributed by atoms with Crippen molar-refractivity contribution in [3.8, 4) is 0 Å². The van der Waals surface area contributed by atoms with Crippen molar-refractivity contribution in [2.24, 2.45) is 5.92 Å². The van der Waals surface area contributed by atoms with Crippen molar-refractivity contribution in [1.29, 1.82) is 0 Å². The van der Waals surface area contributed by atoms with Gasteiger partial charge in [-0.05, 0) is 41.9 Å². The van der Waals surface area contributed by atoms with E-state index < -0.39 is 0 Å². The van der Waals surface area contributed by atoms with Gasteiger partial charge < -0.3 is 10.4 Å². The molecule has 17 heavy (non-hydrogen) atoms. The van der Waals surface area contributed by atoms with Gasteiger partial charge in [-0.2, -0.15) is 0 Å². The van der Waals surface area contributed by atoms with Crippen LogP contribution in [0.2, 0.25) is 5.02 Å². The lowest BCUT2D eigenvalue weighted by atomic mass is 10.0. The number of aliphatic hydroxyl groups excluding tert-OH is 1. The third-order valence-electron chi connectivity index (χ3n) is 3.04. The van der Waals surface area contributed by atoms with Gasteiger partial charge in [0.1, 0.15) is 0 Å². The smallest absolute Gasteiger partial charge is 0.0468 e. The second-order valence-corrected chi connectivity index (χ2v) is 6.14. The quantitative estimate of drug-likeness (QED) is 0.883. The molecule has 2 unspecified atom stereocenters. The molecular weight excluding hydrogens is 254 g/mol. The molecule has 2 nitrogen and oxygen atoms in total. The van der Waals surface area contributed by atoms with Crippen molar-refractivity contribution < 1.29 is 5.11 Å². The van der Waals surface area contributed by atoms with Crippen LogP contribution in [0.3, 0.4) is 0 Å². The Hall–Kier alpha value is -0.220. The Labute approximate surface area is 112 Å². The van der Waals surface area contributed by atoms with E-state index in [0.29, 0.717) is 12.0 Å². The number of hydrogen-bond acceptors (Lipinski definition) is 3. The van der Waals surface area contributed by atoms with Gasteiger partial charge in [0.2, 0.25) is 0 Å². The third kappa shape index (κ3) is 3.38. The molecule has 4 heteroatoms. The third-order valence-corrected chi connectivity index (χ3v) is 4.39. The fourth-order valence-electron chi connectivity index (χ4n) is 1.99. The van der Waals surface area contributed by atoms with Crippen molar-refractivity contribution in [3.63, 3.8) is 0 Å². The van der Waals surface area contributed by atoms with E-state index in [2.05, 4.69) is 17.4 Å². The summed E-state index contributed by atoms with van der Waals surface area (Å²) in [5.74, 6) is 1.44. The minimum atomic E-state index is 0.233. The molecule has 0 aliphatic carbocycles. The molecule has 2 N–H and O–H groups in total. The lowest BCUT2D eigenvalue weighted by molar-refractivity contribution is 0.229. The maximum atomic E-state index is 9.04. The van der Waals surface area contributed by atoms with Gasteiger partial charge in [0.15, 0.2) is 0 Å². The number of fused-ring (bicyclic) bond motifs is 1. The highest BCUT2D eigenvalue weighted by Gasteiger charge is 2.20. The van der Waals surface area contributed by atoms with Crippen LogP contribution in [-0.2, 0) is 0 Å². The molecule has 0 fully saturated rings. The van der Waals surface area contributed by atoms with Crippen LogP contribution in [-0.4, -0.2) is 24.0 Å². The Morgan fingerprint density at radius 3 is 3.18 bits per heavy atom. The van der Waals surface area contributed by atoms with Gasteiger partial charge in [-0.3, -0.25) is 0 Å². The predicted molar refractivity (Wildman–Crippen MR) is 73.8 cm³/mol. The second kappa shape index (κ2) is 6.10. The molecule has 0 spiro atoms. The van der Waals surface area contributed by atoms with Crippen molar-refractivity contribution in [2.45, 2.75) is 24.3 Å². The lowest BCUT2D eigenvalue weighted by Crippen LogP contribution is -2.29. The molecular formula is C13H18ClNOS. The first kappa shape index (κ1) is 13.2. The Bertz CT molecular complexity index is 386. The zero-order valence-electron chi connectivity index (χ0n) is 9.95. The van der Waals surface area contributed by atoms with Crippen LogP contribution in [0.25, 0.3) is 0 Å². The van der Waals surface area contributed by atoms with Crippen LogP contribution < -0.4 is 5.32 Å². The fourth-order valence-corrected chi connectivity index (χ4v) is 3.27. The number of halogens is 1. The number of rotatable bonds is 4. The SMILES string of the molecule is CC(CO)CNC1CCSc2ccc(Cl)cc21. The molecule has 1 aromatic rings. The summed E-state index contributed by atoms with van der Waals surface area (Å²) < 4.78 is 0. The van der Waals surface area contributed by atoms with Gasteiger partial charge in [-0.15, -0.1) is 11.8 Å². The number of benzene rings is 1. The standard InChI is InChI=1S/C13H18ClNOS/c1-9(8-16)7-15-12-4-5-17-13-3-2-10(14)6-11(12)13/h2-3,6,9,12,15-16H,4-5,7-8H2,1H3. The van der Waals surface area contributed by atoms with E-state index in [1.807, 2.05) is 24.8 Å². The first-order chi connectivity index (χ1) is 8.20. The topological polar surface area (TPSA) is 32.3 Å². The van der Waals surface area contributed by atoms with Crippen LogP contribution in [0.15, 0.2) is 23.1 Å². The molecule has 0 saturated heterocycles. The number of aliphatic hydroxyl groups is 1. The molecule has 2 rings (SSSR count). The summed E-state index contributed by atoms with van der Waals surface area (Å²) in [7, 11) is 0. The second-order valence-electron chi connectivity index (χ2n) is 4.57. The maximum Gasteiger partial charge on any atom is 0.0468 e. The molecule has 0 aromatic heterocycles. The van der Waals surface area contributed by atoms with Gasteiger partial charge in [0, 0.05) is 29.1 Å². The molecule has 0 saturated carbocycles. The fraction of sp³-hybridized carbons (Fsp3) is 0.538. The first-order valence-electron chi connectivity index (χ1n) is 5.97. The Morgan fingerprint density at radius 1 is 1.59 bits per heavy atom. The highest BCUT2D eigenvalue weighted by molar-refractivity contribution is 7.99. The molecule has 1 aliphatic rings. The summed E-state index contributed by atoms with van der Waals surface area (Å²) in [5, 5.41) is 13.4. The molecule has 0 radical (unpaired) electrons. The van der Waals surface area contributed by atoms with Crippen LogP contribution in [0, 0.1) is 5.92 Å². The van der Waals surface area contributed by atoms with Crippen molar-refractivity contribution in [1.82, 2.24) is 5.32 Å². The minimum absolute atomic E-state index is 0.233. The average Bonchev–Trinajstić information content (AvgIpc) is 2.35. The lowest BCUT2D eigenvalue weighted by Gasteiger charge is -2.27. The van der Waals surface area contributed by atoms with Crippen LogP contribution in [0.4, 0.5) is 0 Å². The largest absolute Gasteiger partial charge is 0.396 e. The summed E-state index contributed by atoms with van der Waals surface area (Å²) >= 11 is 7.95. The Balaban J connectivity index is 2.08. The number of hydrogen-bond donors (Lipinski definition) is 2. The van der Waals surface area contributed by atoms with E-state index in [9.17, 15) is 0 Å². The molecule has 1 heterocycles. The zero-order valence-corrected chi connectivity index (χ0v) is 11.5. The summed E-state index contributed by atoms with van der Waals surface area (Å²) in [6.07, 6.45) is 1.12. The Morgan fingerprint density at radius 2 is 2.41 bits per heavy atom. The highest BCUT2D eigenvalue weighted by Crippen LogP contribution is 2.37. The van der Waals surface area contributed by atoms with E-state index in [1.165, 1.54) is 10.5 Å². The monoisotopic (exact) mass is 271 g/mol. The van der Waals surface area contributed by atoms with E-state index >= 15 is 0 Å². The molecule has 94 valence electrons. The van der Waals surface area contributed by atoms with E-state index in [1.54, 1.807) is 0 Å². The first-order valence-corrected chi connectivity index (χ1v) is 7.33. The predicted octanol–water partition coefficient (Wildman–Crippen LogP) is 3.09. The van der Waals surface area contributed by atoms with E-state index in [4.69, 9.17) is 16.7 Å². The van der Waals surface area contributed by atoms with Gasteiger partial charge in [0.25, 0.3) is 0 Å². The van der Waals surface area contributed by atoms with Crippen molar-refractivity contribution in [2.75, 3.05) is 18.9 Å². The van der Waals surface area contributed by atoms with Crippen LogP contribution in [0.5, 0.6) is 0 Å².